The number of aromatic nitrogens is 2. The van der Waals surface area contributed by atoms with Gasteiger partial charge >= 0.3 is 6.09 Å². The van der Waals surface area contributed by atoms with Gasteiger partial charge in [-0.15, -0.1) is 11.3 Å². The number of carbonyl (C=O) groups excluding carboxylic acids is 2. The van der Waals surface area contributed by atoms with E-state index in [0.29, 0.717) is 18.2 Å². The number of amides is 2. The predicted octanol–water partition coefficient (Wildman–Crippen LogP) is 3.70. The summed E-state index contributed by atoms with van der Waals surface area (Å²) in [5.74, 6) is 0.547. The van der Waals surface area contributed by atoms with Crippen LogP contribution in [0.4, 0.5) is 15.0 Å². The number of thiazole rings is 1. The van der Waals surface area contributed by atoms with Crippen molar-refractivity contribution < 1.29 is 18.7 Å². The molecule has 2 aromatic heterocycles. The molecule has 0 aliphatic carbocycles. The lowest BCUT2D eigenvalue weighted by atomic mass is 9.79. The first kappa shape index (κ1) is 23.6. The fourth-order valence-corrected chi connectivity index (χ4v) is 4.87. The number of piperidine rings is 1. The number of alkyl carbamates (subject to hydrolysis) is 1. The molecule has 1 fully saturated rings. The highest BCUT2D eigenvalue weighted by molar-refractivity contribution is 7.11. The summed E-state index contributed by atoms with van der Waals surface area (Å²) in [6.07, 6.45) is 2.92. The van der Waals surface area contributed by atoms with Crippen LogP contribution in [0, 0.1) is 11.7 Å². The van der Waals surface area contributed by atoms with E-state index in [0.717, 1.165) is 48.6 Å². The third-order valence-electron chi connectivity index (χ3n) is 5.93. The van der Waals surface area contributed by atoms with E-state index < -0.39 is 12.0 Å². The van der Waals surface area contributed by atoms with E-state index in [4.69, 9.17) is 10.5 Å². The fourth-order valence-electron chi connectivity index (χ4n) is 4.22. The molecule has 0 bridgehead atoms. The number of nitrogens with one attached hydrogen (secondary N) is 1. The van der Waals surface area contributed by atoms with Gasteiger partial charge in [0.25, 0.3) is 5.91 Å². The zero-order valence-electron chi connectivity index (χ0n) is 18.5. The summed E-state index contributed by atoms with van der Waals surface area (Å²) in [5, 5.41) is 4.61. The van der Waals surface area contributed by atoms with E-state index >= 15 is 0 Å². The molecule has 34 heavy (non-hydrogen) atoms. The average Bonchev–Trinajstić information content (AvgIpc) is 3.34. The van der Waals surface area contributed by atoms with Gasteiger partial charge in [-0.25, -0.2) is 19.2 Å². The van der Waals surface area contributed by atoms with Crippen LogP contribution in [0.1, 0.15) is 39.8 Å². The molecule has 3 aromatic rings. The number of nitrogens with zero attached hydrogens (tertiary/aromatic N) is 3. The minimum atomic E-state index is -0.606. The van der Waals surface area contributed by atoms with Crippen molar-refractivity contribution in [1.82, 2.24) is 15.3 Å². The van der Waals surface area contributed by atoms with Gasteiger partial charge in [0, 0.05) is 37.1 Å². The molecule has 0 spiro atoms. The predicted molar refractivity (Wildman–Crippen MR) is 127 cm³/mol. The molecular weight excluding hydrogens is 457 g/mol. The van der Waals surface area contributed by atoms with Gasteiger partial charge in [-0.05, 0) is 48.6 Å². The lowest BCUT2D eigenvalue weighted by Gasteiger charge is -2.39. The summed E-state index contributed by atoms with van der Waals surface area (Å²) < 4.78 is 18.7. The van der Waals surface area contributed by atoms with E-state index in [9.17, 15) is 14.0 Å². The summed E-state index contributed by atoms with van der Waals surface area (Å²) in [5.41, 5.74) is 6.74. The number of primary amides is 1. The Balaban J connectivity index is 1.32. The van der Waals surface area contributed by atoms with Gasteiger partial charge in [0.05, 0.1) is 5.69 Å². The number of hydrogen-bond donors (Lipinski definition) is 2. The minimum Gasteiger partial charge on any atom is -0.443 e. The Kier molecular flexibility index (Phi) is 7.69. The Morgan fingerprint density at radius 3 is 2.76 bits per heavy atom. The van der Waals surface area contributed by atoms with E-state index in [1.54, 1.807) is 11.6 Å². The molecule has 2 atom stereocenters. The minimum absolute atomic E-state index is 0.0315. The number of rotatable bonds is 8. The largest absolute Gasteiger partial charge is 0.443 e. The molecular formula is C24H26FN5O3S. The highest BCUT2D eigenvalue weighted by atomic mass is 32.1. The fraction of sp³-hybridized carbons (Fsp3) is 0.333. The number of nitrogens with two attached hydrogens (primary N) is 1. The van der Waals surface area contributed by atoms with Crippen LogP contribution in [-0.2, 0) is 11.3 Å². The topological polar surface area (TPSA) is 110 Å². The Labute approximate surface area is 201 Å². The standard InChI is InChI=1S/C24H26FN5O3S/c25-18-6-4-16(5-7-18)20-13-30(21-3-1-2-10-27-21)12-9-17(20)8-11-28-24(32)33-14-19-15-34-23(29-19)22(26)31/h1-7,10,15,17,20H,8-9,11-14H2,(H2,26,31)(H,28,32). The lowest BCUT2D eigenvalue weighted by Crippen LogP contribution is -2.41. The summed E-state index contributed by atoms with van der Waals surface area (Å²) >= 11 is 1.11. The van der Waals surface area contributed by atoms with Gasteiger partial charge in [0.2, 0.25) is 0 Å². The summed E-state index contributed by atoms with van der Waals surface area (Å²) in [6, 6.07) is 12.5. The number of hydrogen-bond acceptors (Lipinski definition) is 7. The number of anilines is 1. The number of pyridine rings is 1. The first-order valence-electron chi connectivity index (χ1n) is 11.1. The molecule has 1 aliphatic heterocycles. The highest BCUT2D eigenvalue weighted by Crippen LogP contribution is 2.36. The first-order chi connectivity index (χ1) is 16.5. The zero-order valence-corrected chi connectivity index (χ0v) is 19.3. The van der Waals surface area contributed by atoms with Crippen LogP contribution in [0.3, 0.4) is 0 Å². The van der Waals surface area contributed by atoms with Crippen molar-refractivity contribution in [3.8, 4) is 0 Å². The molecule has 2 unspecified atom stereocenters. The quantitative estimate of drug-likeness (QED) is 0.506. The van der Waals surface area contributed by atoms with Crippen molar-refractivity contribution >= 4 is 29.2 Å². The van der Waals surface area contributed by atoms with Gasteiger partial charge in [-0.3, -0.25) is 4.79 Å². The molecule has 0 radical (unpaired) electrons. The summed E-state index contributed by atoms with van der Waals surface area (Å²) in [6.45, 7) is 2.05. The normalized spacial score (nSPS) is 17.9. The van der Waals surface area contributed by atoms with E-state index in [-0.39, 0.29) is 23.3 Å². The number of ether oxygens (including phenoxy) is 1. The smallest absolute Gasteiger partial charge is 0.407 e. The van der Waals surface area contributed by atoms with Crippen LogP contribution >= 0.6 is 11.3 Å². The first-order valence-corrected chi connectivity index (χ1v) is 11.9. The van der Waals surface area contributed by atoms with Crippen molar-refractivity contribution in [3.63, 3.8) is 0 Å². The van der Waals surface area contributed by atoms with Crippen LogP contribution < -0.4 is 16.0 Å². The van der Waals surface area contributed by atoms with Crippen LogP contribution in [0.5, 0.6) is 0 Å². The third kappa shape index (κ3) is 6.07. The molecule has 3 heterocycles. The van der Waals surface area contributed by atoms with E-state index in [1.165, 1.54) is 12.1 Å². The molecule has 3 N–H and O–H groups in total. The third-order valence-corrected chi connectivity index (χ3v) is 6.83. The van der Waals surface area contributed by atoms with Crippen molar-refractivity contribution in [2.24, 2.45) is 11.7 Å². The molecule has 0 saturated carbocycles. The van der Waals surface area contributed by atoms with Gasteiger partial charge < -0.3 is 20.7 Å². The number of halogens is 1. The molecule has 4 rings (SSSR count). The second kappa shape index (κ2) is 11.1. The second-order valence-electron chi connectivity index (χ2n) is 8.14. The Bertz CT molecular complexity index is 1110. The molecule has 1 aliphatic rings. The number of benzene rings is 1. The van der Waals surface area contributed by atoms with E-state index in [2.05, 4.69) is 20.2 Å². The van der Waals surface area contributed by atoms with Gasteiger partial charge in [0.15, 0.2) is 5.01 Å². The van der Waals surface area contributed by atoms with Crippen LogP contribution in [-0.4, -0.2) is 41.6 Å². The van der Waals surface area contributed by atoms with Crippen molar-refractivity contribution in [1.29, 1.82) is 0 Å². The van der Waals surface area contributed by atoms with Crippen LogP contribution in [0.25, 0.3) is 0 Å². The summed E-state index contributed by atoms with van der Waals surface area (Å²) in [7, 11) is 0. The number of carbonyl (C=O) groups is 2. The van der Waals surface area contributed by atoms with Crippen LogP contribution in [0.2, 0.25) is 0 Å². The maximum absolute atomic E-state index is 13.5. The molecule has 8 nitrogen and oxygen atoms in total. The molecule has 1 aromatic carbocycles. The summed E-state index contributed by atoms with van der Waals surface area (Å²) in [4.78, 5) is 34.0. The molecule has 2 amide bonds. The highest BCUT2D eigenvalue weighted by Gasteiger charge is 2.31. The molecule has 10 heteroatoms. The maximum atomic E-state index is 13.5. The average molecular weight is 484 g/mol. The Morgan fingerprint density at radius 1 is 1.24 bits per heavy atom. The van der Waals surface area contributed by atoms with E-state index in [1.807, 2.05) is 30.3 Å². The van der Waals surface area contributed by atoms with Crippen molar-refractivity contribution in [2.75, 3.05) is 24.5 Å². The lowest BCUT2D eigenvalue weighted by molar-refractivity contribution is 0.0999. The van der Waals surface area contributed by atoms with Gasteiger partial charge in [0.1, 0.15) is 18.2 Å². The molecule has 1 saturated heterocycles. The van der Waals surface area contributed by atoms with Crippen LogP contribution in [0.15, 0.2) is 54.0 Å². The monoisotopic (exact) mass is 483 g/mol. The van der Waals surface area contributed by atoms with Crippen molar-refractivity contribution in [3.05, 3.63) is 76.1 Å². The Hall–Kier alpha value is -3.53. The zero-order chi connectivity index (χ0) is 23.9. The molecule has 178 valence electrons. The SMILES string of the molecule is NC(=O)c1nc(COC(=O)NCCC2CCN(c3ccccn3)CC2c2ccc(F)cc2)cs1. The van der Waals surface area contributed by atoms with Gasteiger partial charge in [-0.1, -0.05) is 18.2 Å². The van der Waals surface area contributed by atoms with Gasteiger partial charge in [-0.2, -0.15) is 0 Å². The second-order valence-corrected chi connectivity index (χ2v) is 9.00. The van der Waals surface area contributed by atoms with Crippen molar-refractivity contribution in [2.45, 2.75) is 25.4 Å². The Morgan fingerprint density at radius 2 is 2.06 bits per heavy atom. The maximum Gasteiger partial charge on any atom is 0.407 e.